The van der Waals surface area contributed by atoms with Gasteiger partial charge in [-0.3, -0.25) is 0 Å². The van der Waals surface area contributed by atoms with Gasteiger partial charge in [-0.25, -0.2) is 19.2 Å². The number of halogens is 2. The van der Waals surface area contributed by atoms with Crippen LogP contribution in [0.4, 0.5) is 8.78 Å². The topological polar surface area (TPSA) is 70.5 Å². The molecule has 0 saturated heterocycles. The normalized spacial score (nSPS) is 12.7. The van der Waals surface area contributed by atoms with Crippen molar-refractivity contribution in [3.63, 3.8) is 0 Å². The summed E-state index contributed by atoms with van der Waals surface area (Å²) in [6.45, 7) is 3.14. The van der Waals surface area contributed by atoms with Gasteiger partial charge in [0, 0.05) is 5.56 Å². The molecule has 238 valence electrons. The first-order chi connectivity index (χ1) is 21.5. The van der Waals surface area contributed by atoms with Crippen LogP contribution in [0.2, 0.25) is 0 Å². The lowest BCUT2D eigenvalue weighted by Gasteiger charge is -2.11. The first kappa shape index (κ1) is 33.3. The van der Waals surface area contributed by atoms with Gasteiger partial charge in [0.15, 0.2) is 23.1 Å². The second-order valence-electron chi connectivity index (χ2n) is 11.7. The minimum absolute atomic E-state index is 0.185. The maximum absolute atomic E-state index is 14.7. The number of aromatic nitrogens is 2. The van der Waals surface area contributed by atoms with Crippen LogP contribution in [-0.2, 0) is 0 Å². The number of carbonyl (C=O) groups excluding carboxylic acids is 1. The van der Waals surface area contributed by atoms with Crippen molar-refractivity contribution in [1.82, 2.24) is 9.97 Å². The summed E-state index contributed by atoms with van der Waals surface area (Å²) in [5, 5.41) is 0. The maximum atomic E-state index is 14.7. The number of nitrogens with zero attached hydrogens (tertiary/aromatic N) is 2. The predicted octanol–water partition coefficient (Wildman–Crippen LogP) is 9.90. The second kappa shape index (κ2) is 18.3. The van der Waals surface area contributed by atoms with E-state index >= 15 is 0 Å². The SMILES string of the molecule is CCCCCCCCOc1cnc(-c2ccc(OC(=O)c3ccc(OCCCCCCCCC4CC4)c(F)c3F)cc2)nc1. The minimum Gasteiger partial charge on any atom is -0.490 e. The third kappa shape index (κ3) is 11.2. The monoisotopic (exact) mass is 608 g/mol. The van der Waals surface area contributed by atoms with Gasteiger partial charge in [-0.2, -0.15) is 4.39 Å². The quantitative estimate of drug-likeness (QED) is 0.0681. The Balaban J connectivity index is 1.18. The average molecular weight is 609 g/mol. The van der Waals surface area contributed by atoms with Crippen LogP contribution in [0.25, 0.3) is 11.4 Å². The first-order valence-electron chi connectivity index (χ1n) is 16.4. The summed E-state index contributed by atoms with van der Waals surface area (Å²) < 4.78 is 45.8. The molecule has 0 radical (unpaired) electrons. The highest BCUT2D eigenvalue weighted by Gasteiger charge is 2.22. The fraction of sp³-hybridized carbons (Fsp3) is 0.528. The molecule has 0 bridgehead atoms. The van der Waals surface area contributed by atoms with Crippen molar-refractivity contribution in [2.75, 3.05) is 13.2 Å². The van der Waals surface area contributed by atoms with Crippen molar-refractivity contribution in [2.24, 2.45) is 5.92 Å². The molecular formula is C36H46F2N2O4. The van der Waals surface area contributed by atoms with E-state index in [-0.39, 0.29) is 11.5 Å². The standard InChI is InChI=1S/C36H46F2N2O4/c1-2-3-4-5-9-12-23-42-30-25-39-35(40-26-30)28-17-19-29(20-18-28)44-36(41)31-21-22-32(34(38)33(31)37)43-24-13-10-7-6-8-11-14-27-15-16-27/h17-22,25-27H,2-16,23-24H2,1H3. The molecule has 0 aliphatic heterocycles. The van der Waals surface area contributed by atoms with E-state index in [2.05, 4.69) is 16.9 Å². The third-order valence-corrected chi connectivity index (χ3v) is 7.95. The Bertz CT molecular complexity index is 1280. The zero-order valence-corrected chi connectivity index (χ0v) is 26.0. The molecule has 0 atom stereocenters. The Morgan fingerprint density at radius 1 is 0.727 bits per heavy atom. The molecule has 1 heterocycles. The summed E-state index contributed by atoms with van der Waals surface area (Å²) in [6, 6.07) is 8.95. The van der Waals surface area contributed by atoms with Gasteiger partial charge < -0.3 is 14.2 Å². The van der Waals surface area contributed by atoms with Crippen LogP contribution < -0.4 is 14.2 Å². The van der Waals surface area contributed by atoms with E-state index in [0.29, 0.717) is 30.4 Å². The van der Waals surface area contributed by atoms with E-state index in [1.807, 2.05) is 0 Å². The molecule has 0 amide bonds. The van der Waals surface area contributed by atoms with Gasteiger partial charge in [-0.05, 0) is 55.2 Å². The summed E-state index contributed by atoms with van der Waals surface area (Å²) in [5.74, 6) is -1.39. The Labute approximate surface area is 260 Å². The van der Waals surface area contributed by atoms with E-state index in [1.54, 1.807) is 36.7 Å². The highest BCUT2D eigenvalue weighted by atomic mass is 19.2. The zero-order valence-electron chi connectivity index (χ0n) is 26.0. The number of carbonyl (C=O) groups is 1. The Morgan fingerprint density at radius 2 is 1.34 bits per heavy atom. The number of ether oxygens (including phenoxy) is 3. The second-order valence-corrected chi connectivity index (χ2v) is 11.7. The number of esters is 1. The van der Waals surface area contributed by atoms with Gasteiger partial charge in [0.25, 0.3) is 0 Å². The smallest absolute Gasteiger partial charge is 0.346 e. The summed E-state index contributed by atoms with van der Waals surface area (Å²) >= 11 is 0. The molecule has 3 aromatic rings. The first-order valence-corrected chi connectivity index (χ1v) is 16.4. The van der Waals surface area contributed by atoms with E-state index in [4.69, 9.17) is 14.2 Å². The molecule has 1 saturated carbocycles. The molecule has 1 aliphatic rings. The summed E-state index contributed by atoms with van der Waals surface area (Å²) in [5.41, 5.74) is 0.213. The van der Waals surface area contributed by atoms with Crippen LogP contribution in [0.15, 0.2) is 48.8 Å². The highest BCUT2D eigenvalue weighted by molar-refractivity contribution is 5.91. The van der Waals surface area contributed by atoms with Crippen molar-refractivity contribution in [3.05, 3.63) is 66.0 Å². The van der Waals surface area contributed by atoms with Crippen molar-refractivity contribution in [3.8, 4) is 28.6 Å². The molecule has 8 heteroatoms. The molecule has 2 aromatic carbocycles. The van der Waals surface area contributed by atoms with Crippen LogP contribution in [-0.4, -0.2) is 29.2 Å². The highest BCUT2D eigenvalue weighted by Crippen LogP contribution is 2.34. The summed E-state index contributed by atoms with van der Waals surface area (Å²) in [6.07, 6.45) is 21.3. The van der Waals surface area contributed by atoms with Crippen molar-refractivity contribution >= 4 is 5.97 Å². The number of unbranched alkanes of at least 4 members (excludes halogenated alkanes) is 10. The lowest BCUT2D eigenvalue weighted by atomic mass is 10.1. The van der Waals surface area contributed by atoms with Gasteiger partial charge in [-0.1, -0.05) is 90.4 Å². The zero-order chi connectivity index (χ0) is 31.0. The van der Waals surface area contributed by atoms with Gasteiger partial charge >= 0.3 is 5.97 Å². The van der Waals surface area contributed by atoms with Gasteiger partial charge in [0.05, 0.1) is 31.2 Å². The molecular weight excluding hydrogens is 562 g/mol. The van der Waals surface area contributed by atoms with Crippen LogP contribution >= 0.6 is 0 Å². The Hall–Kier alpha value is -3.55. The van der Waals surface area contributed by atoms with Crippen LogP contribution in [0, 0.1) is 17.6 Å². The lowest BCUT2D eigenvalue weighted by molar-refractivity contribution is 0.0728. The minimum atomic E-state index is -1.29. The fourth-order valence-electron chi connectivity index (χ4n) is 5.08. The maximum Gasteiger partial charge on any atom is 0.346 e. The molecule has 0 unspecified atom stereocenters. The van der Waals surface area contributed by atoms with E-state index in [9.17, 15) is 13.6 Å². The van der Waals surface area contributed by atoms with Gasteiger partial charge in [0.2, 0.25) is 5.82 Å². The number of benzene rings is 2. The Morgan fingerprint density at radius 3 is 2.00 bits per heavy atom. The lowest BCUT2D eigenvalue weighted by Crippen LogP contribution is -2.12. The molecule has 0 N–H and O–H groups in total. The summed E-state index contributed by atoms with van der Waals surface area (Å²) in [4.78, 5) is 21.3. The van der Waals surface area contributed by atoms with Crippen LogP contribution in [0.1, 0.15) is 114 Å². The predicted molar refractivity (Wildman–Crippen MR) is 168 cm³/mol. The van der Waals surface area contributed by atoms with Crippen LogP contribution in [0.3, 0.4) is 0 Å². The van der Waals surface area contributed by atoms with E-state index in [0.717, 1.165) is 38.0 Å². The molecule has 44 heavy (non-hydrogen) atoms. The number of rotatable bonds is 21. The molecule has 6 nitrogen and oxygen atoms in total. The van der Waals surface area contributed by atoms with Crippen molar-refractivity contribution < 1.29 is 27.8 Å². The third-order valence-electron chi connectivity index (χ3n) is 7.95. The Kier molecular flexibility index (Phi) is 13.9. The fourth-order valence-corrected chi connectivity index (χ4v) is 5.08. The molecule has 4 rings (SSSR count). The van der Waals surface area contributed by atoms with Crippen LogP contribution in [0.5, 0.6) is 17.2 Å². The molecule has 1 aliphatic carbocycles. The largest absolute Gasteiger partial charge is 0.490 e. The van der Waals surface area contributed by atoms with Gasteiger partial charge in [-0.15, -0.1) is 0 Å². The molecule has 0 spiro atoms. The van der Waals surface area contributed by atoms with Crippen molar-refractivity contribution in [2.45, 2.75) is 103 Å². The number of hydrogen-bond donors (Lipinski definition) is 0. The molecule has 1 fully saturated rings. The van der Waals surface area contributed by atoms with E-state index in [1.165, 1.54) is 76.3 Å². The average Bonchev–Trinajstić information content (AvgIpc) is 3.87. The summed E-state index contributed by atoms with van der Waals surface area (Å²) in [7, 11) is 0. The number of hydrogen-bond acceptors (Lipinski definition) is 6. The van der Waals surface area contributed by atoms with Crippen molar-refractivity contribution in [1.29, 1.82) is 0 Å². The van der Waals surface area contributed by atoms with E-state index < -0.39 is 23.2 Å². The molecule has 1 aromatic heterocycles. The van der Waals surface area contributed by atoms with Gasteiger partial charge in [0.1, 0.15) is 5.75 Å².